The van der Waals surface area contributed by atoms with Crippen LogP contribution in [-0.2, 0) is 11.2 Å². The van der Waals surface area contributed by atoms with Crippen molar-refractivity contribution in [2.75, 3.05) is 14.2 Å². The highest BCUT2D eigenvalue weighted by atomic mass is 16.5. The summed E-state index contributed by atoms with van der Waals surface area (Å²) in [6.07, 6.45) is 0.953. The lowest BCUT2D eigenvalue weighted by Gasteiger charge is -2.16. The molecule has 23 heavy (non-hydrogen) atoms. The van der Waals surface area contributed by atoms with E-state index in [1.54, 1.807) is 14.2 Å². The second-order valence-electron chi connectivity index (χ2n) is 5.34. The molecule has 4 heteroatoms. The second kappa shape index (κ2) is 8.22. The first-order chi connectivity index (χ1) is 11.2. The Hall–Kier alpha value is -2.49. The van der Waals surface area contributed by atoms with Crippen molar-refractivity contribution >= 4 is 5.91 Å². The predicted octanol–water partition coefficient (Wildman–Crippen LogP) is 3.51. The number of ether oxygens (including phenoxy) is 2. The van der Waals surface area contributed by atoms with E-state index in [-0.39, 0.29) is 11.9 Å². The molecule has 0 fully saturated rings. The zero-order chi connectivity index (χ0) is 16.7. The summed E-state index contributed by atoms with van der Waals surface area (Å²) in [4.78, 5) is 12.2. The van der Waals surface area contributed by atoms with Crippen LogP contribution in [0.15, 0.2) is 48.5 Å². The van der Waals surface area contributed by atoms with Crippen molar-refractivity contribution in [3.63, 3.8) is 0 Å². The third-order valence-corrected chi connectivity index (χ3v) is 3.81. The number of carbonyl (C=O) groups excluding carboxylic acids is 1. The van der Waals surface area contributed by atoms with Gasteiger partial charge in [0.1, 0.15) is 11.5 Å². The van der Waals surface area contributed by atoms with Crippen LogP contribution >= 0.6 is 0 Å². The summed E-state index contributed by atoms with van der Waals surface area (Å²) in [5, 5.41) is 3.02. The Labute approximate surface area is 137 Å². The lowest BCUT2D eigenvalue weighted by atomic mass is 10.1. The van der Waals surface area contributed by atoms with Crippen molar-refractivity contribution in [1.82, 2.24) is 5.32 Å². The molecule has 0 bridgehead atoms. The second-order valence-corrected chi connectivity index (χ2v) is 5.34. The van der Waals surface area contributed by atoms with Crippen LogP contribution in [0.5, 0.6) is 11.5 Å². The van der Waals surface area contributed by atoms with Crippen molar-refractivity contribution in [2.24, 2.45) is 0 Å². The van der Waals surface area contributed by atoms with E-state index in [9.17, 15) is 4.79 Å². The van der Waals surface area contributed by atoms with Gasteiger partial charge in [0.2, 0.25) is 5.91 Å². The van der Waals surface area contributed by atoms with Crippen LogP contribution in [0.4, 0.5) is 0 Å². The third-order valence-electron chi connectivity index (χ3n) is 3.81. The molecule has 0 aromatic heterocycles. The van der Waals surface area contributed by atoms with Crippen LogP contribution in [0.2, 0.25) is 0 Å². The molecule has 1 atom stereocenters. The van der Waals surface area contributed by atoms with E-state index in [2.05, 4.69) is 5.32 Å². The maximum absolute atomic E-state index is 12.2. The maximum Gasteiger partial charge on any atom is 0.220 e. The summed E-state index contributed by atoms with van der Waals surface area (Å²) in [7, 11) is 3.24. The molecule has 4 nitrogen and oxygen atoms in total. The summed E-state index contributed by atoms with van der Waals surface area (Å²) in [6, 6.07) is 15.5. The van der Waals surface area contributed by atoms with Crippen LogP contribution in [0, 0.1) is 0 Å². The maximum atomic E-state index is 12.2. The lowest BCUT2D eigenvalue weighted by molar-refractivity contribution is -0.121. The van der Waals surface area contributed by atoms with Gasteiger partial charge in [0, 0.05) is 12.0 Å². The molecule has 0 spiro atoms. The van der Waals surface area contributed by atoms with Crippen LogP contribution in [0.1, 0.15) is 30.5 Å². The monoisotopic (exact) mass is 313 g/mol. The van der Waals surface area contributed by atoms with Gasteiger partial charge >= 0.3 is 0 Å². The van der Waals surface area contributed by atoms with E-state index in [0.29, 0.717) is 12.8 Å². The molecule has 2 aromatic carbocycles. The molecule has 1 N–H and O–H groups in total. The quantitative estimate of drug-likeness (QED) is 0.851. The Balaban J connectivity index is 1.97. The van der Waals surface area contributed by atoms with Gasteiger partial charge in [-0.05, 0) is 31.0 Å². The van der Waals surface area contributed by atoms with Crippen molar-refractivity contribution in [1.29, 1.82) is 0 Å². The summed E-state index contributed by atoms with van der Waals surface area (Å²) >= 11 is 0. The number of rotatable bonds is 7. The number of hydrogen-bond donors (Lipinski definition) is 1. The summed E-state index contributed by atoms with van der Waals surface area (Å²) in [5.74, 6) is 1.50. The van der Waals surface area contributed by atoms with Gasteiger partial charge in [-0.3, -0.25) is 4.79 Å². The Morgan fingerprint density at radius 3 is 2.17 bits per heavy atom. The fourth-order valence-corrected chi connectivity index (χ4v) is 2.55. The minimum absolute atomic E-state index is 0.00862. The van der Waals surface area contributed by atoms with Crippen LogP contribution in [0.3, 0.4) is 0 Å². The number of amides is 1. The topological polar surface area (TPSA) is 47.6 Å². The van der Waals surface area contributed by atoms with E-state index in [1.165, 1.54) is 0 Å². The molecule has 0 unspecified atom stereocenters. The van der Waals surface area contributed by atoms with E-state index in [4.69, 9.17) is 9.47 Å². The van der Waals surface area contributed by atoms with Gasteiger partial charge in [-0.15, -0.1) is 0 Å². The smallest absolute Gasteiger partial charge is 0.220 e. The van der Waals surface area contributed by atoms with Gasteiger partial charge < -0.3 is 14.8 Å². The molecule has 0 heterocycles. The molecule has 0 aliphatic rings. The zero-order valence-corrected chi connectivity index (χ0v) is 13.8. The highest BCUT2D eigenvalue weighted by molar-refractivity contribution is 5.77. The Kier molecular flexibility index (Phi) is 6.03. The fraction of sp³-hybridized carbons (Fsp3) is 0.316. The Bertz CT molecular complexity index is 618. The van der Waals surface area contributed by atoms with Crippen molar-refractivity contribution in [3.05, 3.63) is 59.7 Å². The van der Waals surface area contributed by atoms with E-state index in [0.717, 1.165) is 22.6 Å². The van der Waals surface area contributed by atoms with E-state index >= 15 is 0 Å². The van der Waals surface area contributed by atoms with Gasteiger partial charge in [0.05, 0.1) is 20.3 Å². The molecule has 0 saturated carbocycles. The van der Waals surface area contributed by atoms with E-state index in [1.807, 2.05) is 55.5 Å². The molecule has 1 amide bonds. The number of benzene rings is 2. The van der Waals surface area contributed by atoms with Gasteiger partial charge in [-0.25, -0.2) is 0 Å². The molecule has 2 aromatic rings. The standard InChI is InChI=1S/C19H23NO3/c1-14(15-8-5-4-6-9-15)20-19(21)13-12-16-17(22-2)10-7-11-18(16)23-3/h4-11,14H,12-13H2,1-3H3,(H,20,21)/t14-/m0/s1. The molecular formula is C19H23NO3. The van der Waals surface area contributed by atoms with Gasteiger partial charge in [0.25, 0.3) is 0 Å². The lowest BCUT2D eigenvalue weighted by Crippen LogP contribution is -2.26. The highest BCUT2D eigenvalue weighted by Crippen LogP contribution is 2.29. The number of nitrogens with one attached hydrogen (secondary N) is 1. The summed E-state index contributed by atoms with van der Waals surface area (Å²) in [5.41, 5.74) is 2.01. The number of hydrogen-bond acceptors (Lipinski definition) is 3. The first kappa shape index (κ1) is 16.9. The molecule has 0 radical (unpaired) electrons. The molecule has 122 valence electrons. The summed E-state index contributed by atoms with van der Waals surface area (Å²) < 4.78 is 10.7. The average Bonchev–Trinajstić information content (AvgIpc) is 2.60. The van der Waals surface area contributed by atoms with Crippen LogP contribution < -0.4 is 14.8 Å². The van der Waals surface area contributed by atoms with Crippen molar-refractivity contribution in [2.45, 2.75) is 25.8 Å². The average molecular weight is 313 g/mol. The molecule has 0 aliphatic heterocycles. The summed E-state index contributed by atoms with van der Waals surface area (Å²) in [6.45, 7) is 1.98. The Morgan fingerprint density at radius 1 is 1.00 bits per heavy atom. The highest BCUT2D eigenvalue weighted by Gasteiger charge is 2.13. The normalized spacial score (nSPS) is 11.6. The first-order valence-electron chi connectivity index (χ1n) is 7.70. The SMILES string of the molecule is COc1cccc(OC)c1CCC(=O)N[C@@H](C)c1ccccc1. The van der Waals surface area contributed by atoms with Crippen LogP contribution in [-0.4, -0.2) is 20.1 Å². The molecular weight excluding hydrogens is 290 g/mol. The van der Waals surface area contributed by atoms with Crippen LogP contribution in [0.25, 0.3) is 0 Å². The molecule has 0 aliphatic carbocycles. The molecule has 2 rings (SSSR count). The number of carbonyl (C=O) groups is 1. The zero-order valence-electron chi connectivity index (χ0n) is 13.8. The van der Waals surface area contributed by atoms with Gasteiger partial charge in [-0.1, -0.05) is 36.4 Å². The van der Waals surface area contributed by atoms with Gasteiger partial charge in [0.15, 0.2) is 0 Å². The molecule has 0 saturated heterocycles. The fourth-order valence-electron chi connectivity index (χ4n) is 2.55. The van der Waals surface area contributed by atoms with Gasteiger partial charge in [-0.2, -0.15) is 0 Å². The predicted molar refractivity (Wildman–Crippen MR) is 90.9 cm³/mol. The Morgan fingerprint density at radius 2 is 1.61 bits per heavy atom. The van der Waals surface area contributed by atoms with Crippen molar-refractivity contribution in [3.8, 4) is 11.5 Å². The third kappa shape index (κ3) is 4.49. The van der Waals surface area contributed by atoms with E-state index < -0.39 is 0 Å². The minimum atomic E-state index is -0.0109. The first-order valence-corrected chi connectivity index (χ1v) is 7.70. The largest absolute Gasteiger partial charge is 0.496 e. The van der Waals surface area contributed by atoms with Crippen molar-refractivity contribution < 1.29 is 14.3 Å². The number of methoxy groups -OCH3 is 2. The minimum Gasteiger partial charge on any atom is -0.496 e.